The molecule has 0 bridgehead atoms. The largest absolute Gasteiger partial charge is 0.350 e. The van der Waals surface area contributed by atoms with Crippen LogP contribution < -0.4 is 5.32 Å². The second-order valence-electron chi connectivity index (χ2n) is 4.94. The summed E-state index contributed by atoms with van der Waals surface area (Å²) < 4.78 is 13.1. The molecule has 0 aliphatic rings. The second-order valence-corrected chi connectivity index (χ2v) is 5.35. The first-order chi connectivity index (χ1) is 10.1. The Morgan fingerprint density at radius 1 is 1.24 bits per heavy atom. The van der Waals surface area contributed by atoms with Gasteiger partial charge in [0.15, 0.2) is 0 Å². The minimum absolute atomic E-state index is 0.0771. The third-order valence-corrected chi connectivity index (χ3v) is 3.62. The number of aryl methyl sites for hydroxylation is 1. The van der Waals surface area contributed by atoms with Gasteiger partial charge in [0.1, 0.15) is 5.82 Å². The Balaban J connectivity index is 1.89. The number of carbonyl (C=O) groups is 1. The number of benzene rings is 2. The molecule has 0 radical (unpaired) electrons. The van der Waals surface area contributed by atoms with E-state index in [1.165, 1.54) is 12.1 Å². The van der Waals surface area contributed by atoms with Crippen molar-refractivity contribution in [3.8, 4) is 0 Å². The first kappa shape index (κ1) is 15.5. The fraction of sp³-hybridized carbons (Fsp3) is 0.235. The molecular formula is C17H17ClFNO. The van der Waals surface area contributed by atoms with Gasteiger partial charge in [-0.25, -0.2) is 4.39 Å². The van der Waals surface area contributed by atoms with Gasteiger partial charge in [-0.15, -0.1) is 0 Å². The standard InChI is InChI=1S/C17H17ClFNO/c1-12(15-7-2-3-8-16(15)18)20-17(21)10-9-13-5-4-6-14(19)11-13/h2-8,11-12H,9-10H2,1H3,(H,20,21). The molecule has 0 heterocycles. The van der Waals surface area contributed by atoms with Gasteiger partial charge in [0, 0.05) is 11.4 Å². The zero-order valence-corrected chi connectivity index (χ0v) is 12.5. The summed E-state index contributed by atoms with van der Waals surface area (Å²) in [6.45, 7) is 1.89. The number of hydrogen-bond acceptors (Lipinski definition) is 1. The Hall–Kier alpha value is -1.87. The lowest BCUT2D eigenvalue weighted by atomic mass is 10.1. The van der Waals surface area contributed by atoms with E-state index in [0.717, 1.165) is 11.1 Å². The molecular weight excluding hydrogens is 289 g/mol. The van der Waals surface area contributed by atoms with Crippen LogP contribution in [0.4, 0.5) is 4.39 Å². The SMILES string of the molecule is CC(NC(=O)CCc1cccc(F)c1)c1ccccc1Cl. The van der Waals surface area contributed by atoms with Crippen LogP contribution in [-0.2, 0) is 11.2 Å². The predicted molar refractivity (Wildman–Crippen MR) is 82.7 cm³/mol. The molecule has 2 aromatic carbocycles. The fourth-order valence-corrected chi connectivity index (χ4v) is 2.47. The van der Waals surface area contributed by atoms with E-state index in [4.69, 9.17) is 11.6 Å². The molecule has 2 aromatic rings. The molecule has 1 unspecified atom stereocenters. The van der Waals surface area contributed by atoms with Crippen LogP contribution >= 0.6 is 11.6 Å². The highest BCUT2D eigenvalue weighted by Crippen LogP contribution is 2.22. The van der Waals surface area contributed by atoms with Crippen LogP contribution in [0.15, 0.2) is 48.5 Å². The summed E-state index contributed by atoms with van der Waals surface area (Å²) in [5, 5.41) is 3.54. The average Bonchev–Trinajstić information content (AvgIpc) is 2.45. The molecule has 1 N–H and O–H groups in total. The Morgan fingerprint density at radius 3 is 2.71 bits per heavy atom. The van der Waals surface area contributed by atoms with E-state index >= 15 is 0 Å². The lowest BCUT2D eigenvalue weighted by Gasteiger charge is -2.15. The Bertz CT molecular complexity index is 630. The molecule has 110 valence electrons. The number of carbonyl (C=O) groups excluding carboxylic acids is 1. The number of halogens is 2. The first-order valence-corrected chi connectivity index (χ1v) is 7.22. The summed E-state index contributed by atoms with van der Waals surface area (Å²) in [4.78, 5) is 11.9. The van der Waals surface area contributed by atoms with Crippen molar-refractivity contribution in [3.05, 3.63) is 70.5 Å². The van der Waals surface area contributed by atoms with Crippen molar-refractivity contribution in [3.63, 3.8) is 0 Å². The van der Waals surface area contributed by atoms with Crippen LogP contribution in [0.3, 0.4) is 0 Å². The summed E-state index contributed by atoms with van der Waals surface area (Å²) in [6, 6.07) is 13.6. The summed E-state index contributed by atoms with van der Waals surface area (Å²) in [5.41, 5.74) is 1.70. The summed E-state index contributed by atoms with van der Waals surface area (Å²) in [7, 11) is 0. The fourth-order valence-electron chi connectivity index (χ4n) is 2.17. The van der Waals surface area contributed by atoms with Crippen LogP contribution in [0, 0.1) is 5.82 Å². The van der Waals surface area contributed by atoms with E-state index < -0.39 is 0 Å². The third kappa shape index (κ3) is 4.57. The van der Waals surface area contributed by atoms with Gasteiger partial charge in [-0.05, 0) is 42.7 Å². The summed E-state index contributed by atoms with van der Waals surface area (Å²) in [5.74, 6) is -0.357. The van der Waals surface area contributed by atoms with Gasteiger partial charge in [0.25, 0.3) is 0 Å². The molecule has 0 aliphatic heterocycles. The molecule has 4 heteroatoms. The minimum atomic E-state index is -0.280. The molecule has 0 aromatic heterocycles. The van der Waals surface area contributed by atoms with Crippen LogP contribution in [0.25, 0.3) is 0 Å². The van der Waals surface area contributed by atoms with Crippen molar-refractivity contribution in [1.82, 2.24) is 5.32 Å². The van der Waals surface area contributed by atoms with Crippen molar-refractivity contribution < 1.29 is 9.18 Å². The molecule has 1 atom stereocenters. The highest BCUT2D eigenvalue weighted by atomic mass is 35.5. The van der Waals surface area contributed by atoms with Crippen LogP contribution in [0.2, 0.25) is 5.02 Å². The summed E-state index contributed by atoms with van der Waals surface area (Å²) in [6.07, 6.45) is 0.830. The van der Waals surface area contributed by atoms with Crippen LogP contribution in [0.5, 0.6) is 0 Å². The van der Waals surface area contributed by atoms with Crippen LogP contribution in [0.1, 0.15) is 30.5 Å². The van der Waals surface area contributed by atoms with Gasteiger partial charge in [0.05, 0.1) is 6.04 Å². The van der Waals surface area contributed by atoms with Gasteiger partial charge < -0.3 is 5.32 Å². The molecule has 0 fully saturated rings. The highest BCUT2D eigenvalue weighted by Gasteiger charge is 2.12. The van der Waals surface area contributed by atoms with Crippen molar-refractivity contribution in [2.75, 3.05) is 0 Å². The molecule has 2 nitrogen and oxygen atoms in total. The smallest absolute Gasteiger partial charge is 0.220 e. The molecule has 2 rings (SSSR count). The topological polar surface area (TPSA) is 29.1 Å². The maximum Gasteiger partial charge on any atom is 0.220 e. The third-order valence-electron chi connectivity index (χ3n) is 3.28. The van der Waals surface area contributed by atoms with Gasteiger partial charge in [0.2, 0.25) is 5.91 Å². The molecule has 0 spiro atoms. The van der Waals surface area contributed by atoms with Crippen molar-refractivity contribution in [2.24, 2.45) is 0 Å². The average molecular weight is 306 g/mol. The number of rotatable bonds is 5. The number of amides is 1. The van der Waals surface area contributed by atoms with Crippen molar-refractivity contribution in [2.45, 2.75) is 25.8 Å². The lowest BCUT2D eigenvalue weighted by Crippen LogP contribution is -2.27. The molecule has 21 heavy (non-hydrogen) atoms. The van der Waals surface area contributed by atoms with Crippen molar-refractivity contribution in [1.29, 1.82) is 0 Å². The minimum Gasteiger partial charge on any atom is -0.350 e. The molecule has 0 aliphatic carbocycles. The predicted octanol–water partition coefficient (Wildman–Crippen LogP) is 4.29. The summed E-state index contributed by atoms with van der Waals surface area (Å²) >= 11 is 6.10. The van der Waals surface area contributed by atoms with E-state index in [9.17, 15) is 9.18 Å². The van der Waals surface area contributed by atoms with E-state index in [0.29, 0.717) is 17.9 Å². The second kappa shape index (κ2) is 7.23. The van der Waals surface area contributed by atoms with E-state index in [1.54, 1.807) is 12.1 Å². The quantitative estimate of drug-likeness (QED) is 0.877. The Labute approximate surface area is 128 Å². The van der Waals surface area contributed by atoms with E-state index in [2.05, 4.69) is 5.32 Å². The Kier molecular flexibility index (Phi) is 5.34. The molecule has 1 amide bonds. The Morgan fingerprint density at radius 2 is 2.00 bits per heavy atom. The number of nitrogens with one attached hydrogen (secondary N) is 1. The normalized spacial score (nSPS) is 12.0. The van der Waals surface area contributed by atoms with E-state index in [1.807, 2.05) is 31.2 Å². The monoisotopic (exact) mass is 305 g/mol. The molecule has 0 saturated carbocycles. The van der Waals surface area contributed by atoms with E-state index in [-0.39, 0.29) is 17.8 Å². The van der Waals surface area contributed by atoms with Gasteiger partial charge in [-0.3, -0.25) is 4.79 Å². The van der Waals surface area contributed by atoms with Gasteiger partial charge in [-0.2, -0.15) is 0 Å². The van der Waals surface area contributed by atoms with Gasteiger partial charge in [-0.1, -0.05) is 41.9 Å². The van der Waals surface area contributed by atoms with Crippen LogP contribution in [-0.4, -0.2) is 5.91 Å². The molecule has 0 saturated heterocycles. The zero-order chi connectivity index (χ0) is 15.2. The lowest BCUT2D eigenvalue weighted by molar-refractivity contribution is -0.121. The maximum absolute atomic E-state index is 13.1. The maximum atomic E-state index is 13.1. The highest BCUT2D eigenvalue weighted by molar-refractivity contribution is 6.31. The van der Waals surface area contributed by atoms with Gasteiger partial charge >= 0.3 is 0 Å². The van der Waals surface area contributed by atoms with Crippen molar-refractivity contribution >= 4 is 17.5 Å². The first-order valence-electron chi connectivity index (χ1n) is 6.84. The number of hydrogen-bond donors (Lipinski definition) is 1. The zero-order valence-electron chi connectivity index (χ0n) is 11.8.